The largest absolute Gasteiger partial charge is 0.482 e. The van der Waals surface area contributed by atoms with Crippen molar-refractivity contribution in [3.8, 4) is 11.6 Å². The summed E-state index contributed by atoms with van der Waals surface area (Å²) in [5.41, 5.74) is 0.652. The van der Waals surface area contributed by atoms with Crippen LogP contribution in [-0.2, 0) is 4.79 Å². The van der Waals surface area contributed by atoms with Gasteiger partial charge in [0.1, 0.15) is 5.69 Å². The average Bonchev–Trinajstić information content (AvgIpc) is 3.30. The Morgan fingerprint density at radius 1 is 1.00 bits per heavy atom. The van der Waals surface area contributed by atoms with Crippen LogP contribution in [0.15, 0.2) is 41.4 Å². The van der Waals surface area contributed by atoms with Gasteiger partial charge in [-0.25, -0.2) is 4.98 Å². The number of nitrogens with one attached hydrogen (secondary N) is 2. The minimum Gasteiger partial charge on any atom is -0.482 e. The number of aromatic nitrogens is 2. The maximum atomic E-state index is 12.8. The Kier molecular flexibility index (Phi) is 9.92. The standard InChI is InChI=1S/C26H29F6N5O3S/c1-17-12-20(39-15-25(27,28)29)23(24(33-17)40-16-26(30,31)32)35-21(38)14-37-8-6-36(7-9-37)10-11-41-22-13-18-4-2-3-5-19(18)34-22/h2-5,12-13,34H,6-11,14-16H2,1H3,(H,35,38). The molecule has 3 heterocycles. The number of amides is 1. The molecule has 1 fully saturated rings. The summed E-state index contributed by atoms with van der Waals surface area (Å²) >= 11 is 1.72. The molecule has 4 rings (SSSR count). The lowest BCUT2D eigenvalue weighted by molar-refractivity contribution is -0.154. The van der Waals surface area contributed by atoms with Crippen molar-refractivity contribution in [1.29, 1.82) is 0 Å². The number of ether oxygens (including phenoxy) is 2. The molecule has 1 aliphatic rings. The van der Waals surface area contributed by atoms with Crippen LogP contribution in [0.3, 0.4) is 0 Å². The molecule has 0 radical (unpaired) electrons. The van der Waals surface area contributed by atoms with Crippen molar-refractivity contribution in [2.24, 2.45) is 0 Å². The summed E-state index contributed by atoms with van der Waals surface area (Å²) in [4.78, 5) is 24.1. The van der Waals surface area contributed by atoms with Crippen molar-refractivity contribution in [1.82, 2.24) is 19.8 Å². The molecule has 2 aromatic heterocycles. The van der Waals surface area contributed by atoms with E-state index in [0.717, 1.165) is 34.3 Å². The van der Waals surface area contributed by atoms with Crippen LogP contribution in [-0.4, -0.2) is 96.3 Å². The van der Waals surface area contributed by atoms with E-state index in [-0.39, 0.29) is 12.2 Å². The van der Waals surface area contributed by atoms with Crippen molar-refractivity contribution in [2.45, 2.75) is 24.3 Å². The number of rotatable bonds is 11. The summed E-state index contributed by atoms with van der Waals surface area (Å²) in [6, 6.07) is 11.2. The number of benzene rings is 1. The van der Waals surface area contributed by atoms with Gasteiger partial charge >= 0.3 is 12.4 Å². The first-order valence-corrected chi connectivity index (χ1v) is 13.7. The normalized spacial score (nSPS) is 15.3. The maximum absolute atomic E-state index is 12.8. The predicted molar refractivity (Wildman–Crippen MR) is 143 cm³/mol. The molecule has 2 N–H and O–H groups in total. The first kappa shape index (κ1) is 30.8. The molecule has 0 saturated carbocycles. The fourth-order valence-electron chi connectivity index (χ4n) is 4.22. The van der Waals surface area contributed by atoms with E-state index in [1.807, 2.05) is 29.2 Å². The fraction of sp³-hybridized carbons (Fsp3) is 0.462. The van der Waals surface area contributed by atoms with Gasteiger partial charge in [0.15, 0.2) is 19.0 Å². The number of carbonyl (C=O) groups is 1. The van der Waals surface area contributed by atoms with Gasteiger partial charge in [0, 0.05) is 61.1 Å². The van der Waals surface area contributed by atoms with Gasteiger partial charge in [0.05, 0.1) is 11.6 Å². The van der Waals surface area contributed by atoms with Crippen LogP contribution in [0.5, 0.6) is 11.6 Å². The number of nitrogens with zero attached hydrogens (tertiary/aromatic N) is 3. The van der Waals surface area contributed by atoms with Crippen LogP contribution in [0.4, 0.5) is 32.0 Å². The molecule has 0 unspecified atom stereocenters. The summed E-state index contributed by atoms with van der Waals surface area (Å²) < 4.78 is 86.1. The number of hydrogen-bond acceptors (Lipinski definition) is 7. The molecular formula is C26H29F6N5O3S. The van der Waals surface area contributed by atoms with Gasteiger partial charge in [0.2, 0.25) is 11.8 Å². The zero-order valence-electron chi connectivity index (χ0n) is 22.1. The van der Waals surface area contributed by atoms with Gasteiger partial charge in [0.25, 0.3) is 0 Å². The van der Waals surface area contributed by atoms with Crippen LogP contribution in [0.25, 0.3) is 10.9 Å². The highest BCUT2D eigenvalue weighted by Crippen LogP contribution is 2.36. The number of hydrogen-bond donors (Lipinski definition) is 2. The molecule has 1 aromatic carbocycles. The Bertz CT molecular complexity index is 1250. The second-order valence-electron chi connectivity index (χ2n) is 9.48. The van der Waals surface area contributed by atoms with Gasteiger partial charge in [-0.1, -0.05) is 18.2 Å². The highest BCUT2D eigenvalue weighted by Gasteiger charge is 2.32. The van der Waals surface area contributed by atoms with E-state index in [9.17, 15) is 31.1 Å². The molecule has 8 nitrogen and oxygen atoms in total. The Balaban J connectivity index is 1.30. The van der Waals surface area contributed by atoms with Gasteiger partial charge in [-0.2, -0.15) is 26.3 Å². The van der Waals surface area contributed by atoms with Crippen molar-refractivity contribution >= 4 is 34.3 Å². The van der Waals surface area contributed by atoms with Crippen molar-refractivity contribution in [2.75, 3.05) is 63.6 Å². The van der Waals surface area contributed by atoms with Crippen LogP contribution in [0.1, 0.15) is 5.69 Å². The number of halogens is 6. The number of fused-ring (bicyclic) bond motifs is 1. The summed E-state index contributed by atoms with van der Waals surface area (Å²) in [7, 11) is 0. The summed E-state index contributed by atoms with van der Waals surface area (Å²) in [5, 5.41) is 4.59. The molecule has 41 heavy (non-hydrogen) atoms. The van der Waals surface area contributed by atoms with Crippen LogP contribution >= 0.6 is 11.8 Å². The van der Waals surface area contributed by atoms with E-state index in [1.54, 1.807) is 11.8 Å². The smallest absolute Gasteiger partial charge is 0.422 e. The third-order valence-corrected chi connectivity index (χ3v) is 7.03. The highest BCUT2D eigenvalue weighted by atomic mass is 32.2. The molecule has 1 aliphatic heterocycles. The number of aryl methyl sites for hydroxylation is 1. The number of anilines is 1. The third kappa shape index (κ3) is 9.71. The molecular weight excluding hydrogens is 576 g/mol. The van der Waals surface area contributed by atoms with Gasteiger partial charge < -0.3 is 19.8 Å². The second-order valence-corrected chi connectivity index (χ2v) is 10.6. The Labute approximate surface area is 236 Å². The number of carbonyl (C=O) groups excluding carboxylic acids is 1. The number of H-pyrrole nitrogens is 1. The molecule has 0 aliphatic carbocycles. The topological polar surface area (TPSA) is 82.7 Å². The number of piperazine rings is 1. The summed E-state index contributed by atoms with van der Waals surface area (Å²) in [5.74, 6) is -0.940. The minimum atomic E-state index is -4.73. The van der Waals surface area contributed by atoms with Crippen LogP contribution in [0.2, 0.25) is 0 Å². The van der Waals surface area contributed by atoms with Crippen LogP contribution < -0.4 is 14.8 Å². The quantitative estimate of drug-likeness (QED) is 0.233. The maximum Gasteiger partial charge on any atom is 0.422 e. The molecule has 0 bridgehead atoms. The third-order valence-electron chi connectivity index (χ3n) is 6.11. The zero-order valence-corrected chi connectivity index (χ0v) is 22.9. The van der Waals surface area contributed by atoms with E-state index in [2.05, 4.69) is 26.3 Å². The first-order valence-electron chi connectivity index (χ1n) is 12.7. The van der Waals surface area contributed by atoms with Crippen molar-refractivity contribution < 1.29 is 40.6 Å². The zero-order chi connectivity index (χ0) is 29.6. The summed E-state index contributed by atoms with van der Waals surface area (Å²) in [6.45, 7) is 1.14. The Hall–Kier alpha value is -3.17. The van der Waals surface area contributed by atoms with E-state index in [1.165, 1.54) is 6.92 Å². The van der Waals surface area contributed by atoms with Crippen molar-refractivity contribution in [3.63, 3.8) is 0 Å². The number of pyridine rings is 1. The van der Waals surface area contributed by atoms with Crippen molar-refractivity contribution in [3.05, 3.63) is 42.1 Å². The molecule has 1 saturated heterocycles. The molecule has 1 amide bonds. The average molecular weight is 606 g/mol. The molecule has 15 heteroatoms. The molecule has 0 spiro atoms. The highest BCUT2D eigenvalue weighted by molar-refractivity contribution is 7.99. The fourth-order valence-corrected chi connectivity index (χ4v) is 5.18. The van der Waals surface area contributed by atoms with E-state index in [4.69, 9.17) is 9.47 Å². The van der Waals surface area contributed by atoms with Gasteiger partial charge in [-0.3, -0.25) is 14.6 Å². The number of alkyl halides is 6. The Morgan fingerprint density at radius 2 is 1.66 bits per heavy atom. The first-order chi connectivity index (χ1) is 19.3. The molecule has 224 valence electrons. The summed E-state index contributed by atoms with van der Waals surface area (Å²) in [6.07, 6.45) is -9.44. The lowest BCUT2D eigenvalue weighted by atomic mass is 10.3. The van der Waals surface area contributed by atoms with E-state index >= 15 is 0 Å². The molecule has 3 aromatic rings. The predicted octanol–water partition coefficient (Wildman–Crippen LogP) is 5.10. The Morgan fingerprint density at radius 3 is 2.34 bits per heavy atom. The number of para-hydroxylation sites is 1. The number of aromatic amines is 1. The lowest BCUT2D eigenvalue weighted by Crippen LogP contribution is -2.49. The SMILES string of the molecule is Cc1cc(OCC(F)(F)F)c(NC(=O)CN2CCN(CCSc3cc4ccccc4[nH]3)CC2)c(OCC(F)(F)F)n1. The van der Waals surface area contributed by atoms with Gasteiger partial charge in [-0.15, -0.1) is 11.8 Å². The lowest BCUT2D eigenvalue weighted by Gasteiger charge is -2.34. The van der Waals surface area contributed by atoms with Crippen LogP contribution in [0, 0.1) is 6.92 Å². The number of thioether (sulfide) groups is 1. The van der Waals surface area contributed by atoms with E-state index < -0.39 is 48.8 Å². The van der Waals surface area contributed by atoms with E-state index in [0.29, 0.717) is 26.2 Å². The van der Waals surface area contributed by atoms with Gasteiger partial charge in [-0.05, 0) is 19.1 Å². The second kappa shape index (κ2) is 13.2. The molecule has 0 atom stereocenters. The monoisotopic (exact) mass is 605 g/mol. The minimum absolute atomic E-state index is 0.0520.